The van der Waals surface area contributed by atoms with Gasteiger partial charge < -0.3 is 9.47 Å². The van der Waals surface area contributed by atoms with Gasteiger partial charge in [-0.3, -0.25) is 14.5 Å². The summed E-state index contributed by atoms with van der Waals surface area (Å²) < 4.78 is 2.07. The van der Waals surface area contributed by atoms with Crippen molar-refractivity contribution in [2.75, 3.05) is 19.0 Å². The second-order valence-electron chi connectivity index (χ2n) is 9.91. The van der Waals surface area contributed by atoms with Crippen LogP contribution in [0.4, 0.5) is 5.69 Å². The molecule has 2 heterocycles. The van der Waals surface area contributed by atoms with Crippen LogP contribution in [0, 0.1) is 0 Å². The second-order valence-corrected chi connectivity index (χ2v) is 9.91. The molecular formula is C30H33N3O2. The van der Waals surface area contributed by atoms with Crippen molar-refractivity contribution in [3.05, 3.63) is 102 Å². The van der Waals surface area contributed by atoms with Crippen LogP contribution >= 0.6 is 0 Å². The molecule has 1 amide bonds. The molecular weight excluding hydrogens is 434 g/mol. The number of aromatic nitrogens is 1. The van der Waals surface area contributed by atoms with Gasteiger partial charge in [0.2, 0.25) is 0 Å². The van der Waals surface area contributed by atoms with Gasteiger partial charge in [0.05, 0.1) is 5.69 Å². The molecule has 2 aliphatic rings. The lowest BCUT2D eigenvalue weighted by Crippen LogP contribution is -2.39. The molecule has 1 fully saturated rings. The Hall–Kier alpha value is -3.60. The third-order valence-corrected chi connectivity index (χ3v) is 7.25. The maximum absolute atomic E-state index is 14.1. The molecule has 1 saturated carbocycles. The van der Waals surface area contributed by atoms with E-state index in [4.69, 9.17) is 0 Å². The minimum absolute atomic E-state index is 0.123. The molecule has 0 radical (unpaired) electrons. The maximum Gasteiger partial charge on any atom is 0.259 e. The smallest absolute Gasteiger partial charge is 0.259 e. The molecule has 1 aromatic heterocycles. The molecule has 5 rings (SSSR count). The van der Waals surface area contributed by atoms with Crippen LogP contribution in [0.3, 0.4) is 0 Å². The summed E-state index contributed by atoms with van der Waals surface area (Å²) in [4.78, 5) is 31.3. The van der Waals surface area contributed by atoms with Gasteiger partial charge in [-0.05, 0) is 66.3 Å². The van der Waals surface area contributed by atoms with Crippen molar-refractivity contribution < 1.29 is 9.59 Å². The monoisotopic (exact) mass is 467 g/mol. The highest BCUT2D eigenvalue weighted by Crippen LogP contribution is 2.37. The number of carbonyl (C=O) groups excluding carboxylic acids is 2. The number of fused-ring (bicyclic) bond motifs is 2. The molecule has 180 valence electrons. The van der Waals surface area contributed by atoms with E-state index in [1.807, 2.05) is 73.7 Å². The first-order chi connectivity index (χ1) is 17.0. The van der Waals surface area contributed by atoms with Crippen molar-refractivity contribution in [1.82, 2.24) is 9.47 Å². The van der Waals surface area contributed by atoms with Crippen molar-refractivity contribution in [2.24, 2.45) is 0 Å². The third-order valence-electron chi connectivity index (χ3n) is 7.25. The van der Waals surface area contributed by atoms with E-state index in [1.54, 1.807) is 17.2 Å². The molecule has 0 saturated heterocycles. The second kappa shape index (κ2) is 9.95. The highest BCUT2D eigenvalue weighted by molar-refractivity contribution is 6.12. The van der Waals surface area contributed by atoms with E-state index in [0.717, 1.165) is 16.9 Å². The van der Waals surface area contributed by atoms with Gasteiger partial charge in [-0.15, -0.1) is 0 Å². The first-order valence-corrected chi connectivity index (χ1v) is 12.6. The van der Waals surface area contributed by atoms with E-state index in [1.165, 1.54) is 37.7 Å². The standard InChI is InChI=1S/C30H33N3O2/c1-31(2)20-18-28(34)29-27-13-8-19-32(27)21-25-11-6-7-12-26(25)33(29)30(35)24-16-14-23(15-17-24)22-9-4-3-5-10-22/h6-8,11-20,22,29H,3-5,9-10,21H2,1-2H3. The fourth-order valence-corrected chi connectivity index (χ4v) is 5.44. The molecule has 1 atom stereocenters. The number of benzene rings is 2. The fraction of sp³-hybridized carbons (Fsp3) is 0.333. The number of rotatable bonds is 5. The van der Waals surface area contributed by atoms with Crippen LogP contribution in [0.25, 0.3) is 0 Å². The molecule has 0 spiro atoms. The van der Waals surface area contributed by atoms with Gasteiger partial charge in [-0.2, -0.15) is 0 Å². The summed E-state index contributed by atoms with van der Waals surface area (Å²) in [7, 11) is 3.76. The molecule has 0 N–H and O–H groups in total. The van der Waals surface area contributed by atoms with Crippen LogP contribution in [0.15, 0.2) is 79.1 Å². The van der Waals surface area contributed by atoms with Gasteiger partial charge >= 0.3 is 0 Å². The van der Waals surface area contributed by atoms with E-state index in [-0.39, 0.29) is 11.7 Å². The van der Waals surface area contributed by atoms with Gasteiger partial charge in [-0.1, -0.05) is 49.6 Å². The summed E-state index contributed by atoms with van der Waals surface area (Å²) in [6.45, 7) is 0.615. The SMILES string of the molecule is CN(C)C=CC(=O)C1c2cccn2Cc2ccccc2N1C(=O)c1ccc(C2CCCCC2)cc1. The molecule has 1 aliphatic heterocycles. The normalized spacial score (nSPS) is 18.1. The fourth-order valence-electron chi connectivity index (χ4n) is 5.44. The van der Waals surface area contributed by atoms with Gasteiger partial charge in [-0.25, -0.2) is 0 Å². The topological polar surface area (TPSA) is 45.6 Å². The summed E-state index contributed by atoms with van der Waals surface area (Å²) in [5.74, 6) is 0.307. The van der Waals surface area contributed by atoms with E-state index in [9.17, 15) is 9.59 Å². The van der Waals surface area contributed by atoms with Gasteiger partial charge in [0.1, 0.15) is 6.04 Å². The maximum atomic E-state index is 14.1. The van der Waals surface area contributed by atoms with Crippen molar-refractivity contribution in [3.63, 3.8) is 0 Å². The minimum atomic E-state index is -0.740. The number of amides is 1. The Balaban J connectivity index is 1.56. The van der Waals surface area contributed by atoms with Crippen LogP contribution in [-0.4, -0.2) is 35.3 Å². The molecule has 1 aliphatic carbocycles. The lowest BCUT2D eigenvalue weighted by atomic mass is 9.84. The van der Waals surface area contributed by atoms with Gasteiger partial charge in [0.15, 0.2) is 5.78 Å². The van der Waals surface area contributed by atoms with Crippen molar-refractivity contribution in [1.29, 1.82) is 0 Å². The Morgan fingerprint density at radius 1 is 0.914 bits per heavy atom. The Morgan fingerprint density at radius 3 is 2.40 bits per heavy atom. The van der Waals surface area contributed by atoms with Gasteiger partial charge in [0, 0.05) is 44.3 Å². The largest absolute Gasteiger partial charge is 0.383 e. The van der Waals surface area contributed by atoms with Crippen LogP contribution < -0.4 is 4.90 Å². The quantitative estimate of drug-likeness (QED) is 0.437. The van der Waals surface area contributed by atoms with Crippen LogP contribution in [0.2, 0.25) is 0 Å². The zero-order valence-corrected chi connectivity index (χ0v) is 20.6. The summed E-state index contributed by atoms with van der Waals surface area (Å²) in [5, 5.41) is 0. The molecule has 35 heavy (non-hydrogen) atoms. The highest BCUT2D eigenvalue weighted by atomic mass is 16.2. The summed E-state index contributed by atoms with van der Waals surface area (Å²) in [6.07, 6.45) is 11.6. The average Bonchev–Trinajstić information content (AvgIpc) is 3.28. The molecule has 0 bridgehead atoms. The third kappa shape index (κ3) is 4.68. The first-order valence-electron chi connectivity index (χ1n) is 12.6. The zero-order valence-electron chi connectivity index (χ0n) is 20.6. The van der Waals surface area contributed by atoms with Crippen molar-refractivity contribution in [2.45, 2.75) is 50.6 Å². The van der Waals surface area contributed by atoms with Crippen LogP contribution in [0.5, 0.6) is 0 Å². The van der Waals surface area contributed by atoms with Crippen LogP contribution in [0.1, 0.15) is 71.2 Å². The van der Waals surface area contributed by atoms with E-state index in [2.05, 4.69) is 16.7 Å². The Morgan fingerprint density at radius 2 is 1.66 bits per heavy atom. The summed E-state index contributed by atoms with van der Waals surface area (Å²) >= 11 is 0. The number of nitrogens with zero attached hydrogens (tertiary/aromatic N) is 3. The van der Waals surface area contributed by atoms with E-state index >= 15 is 0 Å². The summed E-state index contributed by atoms with van der Waals surface area (Å²) in [6, 6.07) is 19.2. The molecule has 5 nitrogen and oxygen atoms in total. The Labute approximate surface area is 207 Å². The lowest BCUT2D eigenvalue weighted by molar-refractivity contribution is -0.116. The molecule has 2 aromatic carbocycles. The summed E-state index contributed by atoms with van der Waals surface area (Å²) in [5.41, 5.74) is 4.54. The predicted molar refractivity (Wildman–Crippen MR) is 140 cm³/mol. The highest BCUT2D eigenvalue weighted by Gasteiger charge is 2.37. The molecule has 3 aromatic rings. The van der Waals surface area contributed by atoms with E-state index in [0.29, 0.717) is 18.0 Å². The van der Waals surface area contributed by atoms with E-state index < -0.39 is 6.04 Å². The first kappa shape index (κ1) is 23.2. The Kier molecular flexibility index (Phi) is 6.58. The average molecular weight is 468 g/mol. The van der Waals surface area contributed by atoms with Crippen molar-refractivity contribution in [3.8, 4) is 0 Å². The minimum Gasteiger partial charge on any atom is -0.383 e. The number of anilines is 1. The number of ketones is 1. The molecule has 5 heteroatoms. The van der Waals surface area contributed by atoms with Crippen molar-refractivity contribution >= 4 is 17.4 Å². The molecule has 1 unspecified atom stereocenters. The number of para-hydroxylation sites is 1. The Bertz CT molecular complexity index is 1230. The number of hydrogen-bond acceptors (Lipinski definition) is 3. The van der Waals surface area contributed by atoms with Gasteiger partial charge in [0.25, 0.3) is 5.91 Å². The predicted octanol–water partition coefficient (Wildman–Crippen LogP) is 5.93. The van der Waals surface area contributed by atoms with Crippen LogP contribution in [-0.2, 0) is 11.3 Å². The number of hydrogen-bond donors (Lipinski definition) is 0. The number of carbonyl (C=O) groups is 2. The zero-order chi connectivity index (χ0) is 24.4. The lowest BCUT2D eigenvalue weighted by Gasteiger charge is -2.30.